The van der Waals surface area contributed by atoms with Gasteiger partial charge in [0, 0.05) is 18.2 Å². The minimum absolute atomic E-state index is 0.0405. The van der Waals surface area contributed by atoms with Gasteiger partial charge in [-0.1, -0.05) is 30.3 Å². The highest BCUT2D eigenvalue weighted by molar-refractivity contribution is 7.99. The number of anilines is 1. The number of rotatable bonds is 11. The Labute approximate surface area is 231 Å². The van der Waals surface area contributed by atoms with Crippen LogP contribution < -0.4 is 21.3 Å². The fourth-order valence-electron chi connectivity index (χ4n) is 4.67. The number of unbranched alkanes of at least 4 members (excludes halogenated alkanes) is 1. The molecule has 1 amide bonds. The molecule has 2 heterocycles. The number of carbonyl (C=O) groups is 1. The number of nitrogens with zero attached hydrogens (tertiary/aromatic N) is 3. The summed E-state index contributed by atoms with van der Waals surface area (Å²) in [4.78, 5) is 33.4. The smallest absolute Gasteiger partial charge is 0.264 e. The van der Waals surface area contributed by atoms with E-state index in [1.807, 2.05) is 18.2 Å². The molecule has 0 unspecified atom stereocenters. The number of ether oxygens (including phenoxy) is 1. The van der Waals surface area contributed by atoms with Crippen molar-refractivity contribution < 1.29 is 13.9 Å². The highest BCUT2D eigenvalue weighted by Crippen LogP contribution is 2.37. The van der Waals surface area contributed by atoms with E-state index in [0.717, 1.165) is 31.4 Å². The zero-order valence-electron chi connectivity index (χ0n) is 21.9. The minimum Gasteiger partial charge on any atom is -0.494 e. The summed E-state index contributed by atoms with van der Waals surface area (Å²) in [6.07, 6.45) is 5.66. The molecular formula is C29H34FN5O3S. The lowest BCUT2D eigenvalue weighted by Gasteiger charge is -2.30. The predicted molar refractivity (Wildman–Crippen MR) is 151 cm³/mol. The maximum Gasteiger partial charge on any atom is 0.264 e. The Morgan fingerprint density at radius 1 is 1.15 bits per heavy atom. The molecule has 1 aliphatic carbocycles. The molecule has 10 heteroatoms. The van der Waals surface area contributed by atoms with Crippen LogP contribution in [-0.4, -0.2) is 51.8 Å². The molecule has 0 bridgehead atoms. The molecule has 1 saturated carbocycles. The van der Waals surface area contributed by atoms with Crippen LogP contribution in [0.1, 0.15) is 43.4 Å². The van der Waals surface area contributed by atoms with Gasteiger partial charge in [0.05, 0.1) is 42.3 Å². The fraction of sp³-hybridized carbons (Fsp3) is 0.414. The lowest BCUT2D eigenvalue weighted by Crippen LogP contribution is -2.44. The van der Waals surface area contributed by atoms with Crippen LogP contribution in [0.4, 0.5) is 10.1 Å². The first-order chi connectivity index (χ1) is 19.0. The Kier molecular flexibility index (Phi) is 8.83. The lowest BCUT2D eigenvalue weighted by molar-refractivity contribution is -0.131. The van der Waals surface area contributed by atoms with E-state index in [-0.39, 0.29) is 30.4 Å². The predicted octanol–water partition coefficient (Wildman–Crippen LogP) is 3.93. The molecule has 3 aromatic rings. The van der Waals surface area contributed by atoms with E-state index in [4.69, 9.17) is 15.5 Å². The number of nitrogens with one attached hydrogen (secondary N) is 1. The van der Waals surface area contributed by atoms with Gasteiger partial charge < -0.3 is 20.7 Å². The first-order valence-corrected chi connectivity index (χ1v) is 14.4. The maximum absolute atomic E-state index is 13.8. The Balaban J connectivity index is 1.17. The van der Waals surface area contributed by atoms with Crippen LogP contribution in [0.3, 0.4) is 0 Å². The van der Waals surface area contributed by atoms with Crippen molar-refractivity contribution >= 4 is 23.4 Å². The third kappa shape index (κ3) is 6.62. The summed E-state index contributed by atoms with van der Waals surface area (Å²) < 4.78 is 20.2. The molecule has 5 rings (SSSR count). The zero-order valence-corrected chi connectivity index (χ0v) is 22.7. The van der Waals surface area contributed by atoms with Crippen LogP contribution in [0, 0.1) is 5.82 Å². The largest absolute Gasteiger partial charge is 0.494 e. The van der Waals surface area contributed by atoms with Crippen molar-refractivity contribution in [2.75, 3.05) is 32.0 Å². The van der Waals surface area contributed by atoms with Crippen LogP contribution in [0.2, 0.25) is 0 Å². The number of carbonyl (C=O) groups excluding carboxylic acids is 1. The Morgan fingerprint density at radius 2 is 1.95 bits per heavy atom. The molecule has 1 aliphatic heterocycles. The molecule has 2 aromatic carbocycles. The van der Waals surface area contributed by atoms with Crippen molar-refractivity contribution in [3.63, 3.8) is 0 Å². The maximum atomic E-state index is 13.8. The van der Waals surface area contributed by atoms with Crippen molar-refractivity contribution in [3.05, 3.63) is 76.0 Å². The molecule has 39 heavy (non-hydrogen) atoms. The number of fused-ring (bicyclic) bond motifs is 1. The van der Waals surface area contributed by atoms with E-state index in [1.54, 1.807) is 39.4 Å². The monoisotopic (exact) mass is 551 g/mol. The summed E-state index contributed by atoms with van der Waals surface area (Å²) in [7, 11) is 0. The van der Waals surface area contributed by atoms with Gasteiger partial charge in [-0.25, -0.2) is 9.37 Å². The van der Waals surface area contributed by atoms with Gasteiger partial charge in [-0.3, -0.25) is 14.2 Å². The van der Waals surface area contributed by atoms with E-state index < -0.39 is 0 Å². The number of hydrogen-bond donors (Lipinski definition) is 2. The van der Waals surface area contributed by atoms with E-state index >= 15 is 0 Å². The number of benzene rings is 2. The molecule has 0 spiro atoms. The van der Waals surface area contributed by atoms with Gasteiger partial charge in [-0.05, 0) is 68.6 Å². The highest BCUT2D eigenvalue weighted by Gasteiger charge is 2.29. The average Bonchev–Trinajstić information content (AvgIpc) is 2.92. The second-order valence-corrected chi connectivity index (χ2v) is 11.2. The van der Waals surface area contributed by atoms with Crippen LogP contribution in [0.15, 0.2) is 58.5 Å². The summed E-state index contributed by atoms with van der Waals surface area (Å²) in [5, 5.41) is 4.35. The summed E-state index contributed by atoms with van der Waals surface area (Å²) in [6, 6.07) is 13.3. The first-order valence-electron chi connectivity index (χ1n) is 13.5. The number of thioether (sulfide) groups is 1. The quantitative estimate of drug-likeness (QED) is 0.212. The second-order valence-electron chi connectivity index (χ2n) is 9.94. The third-order valence-corrected chi connectivity index (χ3v) is 8.45. The van der Waals surface area contributed by atoms with Crippen LogP contribution >= 0.6 is 11.8 Å². The number of nitrogens with two attached hydrogens (primary N) is 1. The van der Waals surface area contributed by atoms with Crippen LogP contribution in [-0.2, 0) is 17.8 Å². The number of amides is 1. The molecular weight excluding hydrogens is 517 g/mol. The summed E-state index contributed by atoms with van der Waals surface area (Å²) in [5.41, 5.74) is 8.62. The summed E-state index contributed by atoms with van der Waals surface area (Å²) >= 11 is 1.65. The van der Waals surface area contributed by atoms with Crippen LogP contribution in [0.25, 0.3) is 5.69 Å². The highest BCUT2D eigenvalue weighted by atomic mass is 32.2. The normalized spacial score (nSPS) is 15.1. The van der Waals surface area contributed by atoms with Crippen molar-refractivity contribution in [3.8, 4) is 11.4 Å². The topological polar surface area (TPSA) is 102 Å². The fourth-order valence-corrected chi connectivity index (χ4v) is 5.98. The standard InChI is InChI=1S/C29H34FN5O3S/c30-20-10-12-21(13-11-20)38-17-4-3-15-32-18-27(36)34-16-14-25-23(19-34)28(37)35(26-9-2-1-8-24(26)31)29(33-25)39-22-6-5-7-22/h1-2,8-13,22,32H,3-7,14-19,31H2. The third-order valence-electron chi connectivity index (χ3n) is 7.16. The van der Waals surface area contributed by atoms with E-state index in [9.17, 15) is 14.0 Å². The van der Waals surface area contributed by atoms with E-state index in [0.29, 0.717) is 59.2 Å². The van der Waals surface area contributed by atoms with E-state index in [2.05, 4.69) is 5.32 Å². The van der Waals surface area contributed by atoms with Crippen molar-refractivity contribution in [1.29, 1.82) is 0 Å². The molecule has 3 N–H and O–H groups in total. The van der Waals surface area contributed by atoms with E-state index in [1.165, 1.54) is 18.6 Å². The summed E-state index contributed by atoms with van der Waals surface area (Å²) in [5.74, 6) is 0.312. The van der Waals surface area contributed by atoms with Crippen LogP contribution in [0.5, 0.6) is 5.75 Å². The molecule has 0 atom stereocenters. The van der Waals surface area contributed by atoms with Crippen molar-refractivity contribution in [2.45, 2.75) is 55.5 Å². The van der Waals surface area contributed by atoms with Gasteiger partial charge in [0.15, 0.2) is 5.16 Å². The summed E-state index contributed by atoms with van der Waals surface area (Å²) in [6.45, 7) is 2.19. The molecule has 206 valence electrons. The first kappa shape index (κ1) is 27.2. The van der Waals surface area contributed by atoms with Crippen molar-refractivity contribution in [1.82, 2.24) is 19.8 Å². The van der Waals surface area contributed by atoms with Gasteiger partial charge in [0.2, 0.25) is 5.91 Å². The van der Waals surface area contributed by atoms with Gasteiger partial charge in [0.25, 0.3) is 5.56 Å². The minimum atomic E-state index is -0.288. The second kappa shape index (κ2) is 12.7. The van der Waals surface area contributed by atoms with Gasteiger partial charge >= 0.3 is 0 Å². The Bertz CT molecular complexity index is 1360. The number of para-hydroxylation sites is 2. The molecule has 2 aliphatic rings. The number of aromatic nitrogens is 2. The van der Waals surface area contributed by atoms with Crippen molar-refractivity contribution in [2.24, 2.45) is 0 Å². The SMILES string of the molecule is Nc1ccccc1-n1c(SC2CCC2)nc2c(c1=O)CN(C(=O)CNCCCCOc1ccc(F)cc1)CC2. The number of hydrogen-bond acceptors (Lipinski definition) is 7. The Hall–Kier alpha value is -3.37. The van der Waals surface area contributed by atoms with Gasteiger partial charge in [-0.15, -0.1) is 0 Å². The Morgan fingerprint density at radius 3 is 2.69 bits per heavy atom. The lowest BCUT2D eigenvalue weighted by atomic mass is 10.0. The average molecular weight is 552 g/mol. The number of halogens is 1. The van der Waals surface area contributed by atoms with Gasteiger partial charge in [-0.2, -0.15) is 0 Å². The zero-order chi connectivity index (χ0) is 27.2. The molecule has 8 nitrogen and oxygen atoms in total. The molecule has 1 aromatic heterocycles. The molecule has 0 saturated heterocycles. The molecule has 0 radical (unpaired) electrons. The number of nitrogen functional groups attached to an aromatic ring is 1. The molecule has 1 fully saturated rings. The van der Waals surface area contributed by atoms with Gasteiger partial charge in [0.1, 0.15) is 11.6 Å².